The Hall–Kier alpha value is -2.78. The maximum absolute atomic E-state index is 12.9. The number of hydrogen-bond acceptors (Lipinski definition) is 7. The Morgan fingerprint density at radius 2 is 2.06 bits per heavy atom. The lowest BCUT2D eigenvalue weighted by molar-refractivity contribution is -0.222. The summed E-state index contributed by atoms with van der Waals surface area (Å²) in [5, 5.41) is 19.7. The zero-order valence-electron chi connectivity index (χ0n) is 17.4. The predicted molar refractivity (Wildman–Crippen MR) is 113 cm³/mol. The maximum Gasteiger partial charge on any atom is 0.354 e. The lowest BCUT2D eigenvalue weighted by Gasteiger charge is -2.51. The molecule has 4 rings (SSSR count). The van der Waals surface area contributed by atoms with Gasteiger partial charge in [-0.05, 0) is 44.2 Å². The fourth-order valence-electron chi connectivity index (χ4n) is 4.87. The molecule has 1 aromatic heterocycles. The number of esters is 2. The highest BCUT2D eigenvalue weighted by Gasteiger charge is 2.75. The van der Waals surface area contributed by atoms with Crippen molar-refractivity contribution in [2.45, 2.75) is 38.4 Å². The molecule has 2 aliphatic carbocycles. The lowest BCUT2D eigenvalue weighted by Crippen LogP contribution is -2.61. The second-order valence-electron chi connectivity index (χ2n) is 7.72. The van der Waals surface area contributed by atoms with Crippen molar-refractivity contribution in [3.05, 3.63) is 38.7 Å². The number of aromatic nitrogens is 1. The standard InChI is InChI=1S/C22H19Cl2N3O5/c1-3-31-19(28)15-12(9-25)21(10-26,22(30-2)18(24)17(23)20(29)32-22)16(15)14-8-11-6-4-5-7-13(11)27-14/h8,12,27H,3-7H2,1-2H3. The summed E-state index contributed by atoms with van der Waals surface area (Å²) in [6, 6.07) is 5.93. The first kappa shape index (κ1) is 22.4. The Morgan fingerprint density at radius 3 is 2.59 bits per heavy atom. The molecule has 3 aliphatic rings. The number of halogens is 2. The summed E-state index contributed by atoms with van der Waals surface area (Å²) in [6.07, 6.45) is 3.67. The van der Waals surface area contributed by atoms with Gasteiger partial charge in [-0.1, -0.05) is 23.2 Å². The highest BCUT2D eigenvalue weighted by Crippen LogP contribution is 2.66. The van der Waals surface area contributed by atoms with Crippen LogP contribution in [0, 0.1) is 34.0 Å². The minimum atomic E-state index is -2.20. The fraction of sp³-hybridized carbons (Fsp3) is 0.455. The number of aromatic amines is 1. The summed E-state index contributed by atoms with van der Waals surface area (Å²) >= 11 is 12.4. The Kier molecular flexibility index (Phi) is 5.58. The largest absolute Gasteiger partial charge is 0.463 e. The van der Waals surface area contributed by atoms with E-state index in [4.69, 9.17) is 37.4 Å². The van der Waals surface area contributed by atoms with Crippen molar-refractivity contribution in [3.8, 4) is 12.1 Å². The Bertz CT molecular complexity index is 1150. The zero-order valence-corrected chi connectivity index (χ0v) is 18.9. The van der Waals surface area contributed by atoms with Gasteiger partial charge in [0.05, 0.1) is 24.3 Å². The van der Waals surface area contributed by atoms with E-state index in [1.54, 1.807) is 6.92 Å². The molecular weight excluding hydrogens is 457 g/mol. The van der Waals surface area contributed by atoms with Crippen molar-refractivity contribution >= 4 is 40.7 Å². The van der Waals surface area contributed by atoms with Crippen LogP contribution in [-0.2, 0) is 36.6 Å². The van der Waals surface area contributed by atoms with Gasteiger partial charge in [-0.3, -0.25) is 0 Å². The molecule has 0 spiro atoms. The van der Waals surface area contributed by atoms with Crippen molar-refractivity contribution < 1.29 is 23.8 Å². The second kappa shape index (κ2) is 7.97. The third-order valence-electron chi connectivity index (χ3n) is 6.27. The number of nitrogens with zero attached hydrogens (tertiary/aromatic N) is 2. The number of fused-ring (bicyclic) bond motifs is 1. The van der Waals surface area contributed by atoms with Gasteiger partial charge in [0.15, 0.2) is 5.41 Å². The van der Waals surface area contributed by atoms with Crippen molar-refractivity contribution in [1.29, 1.82) is 10.5 Å². The quantitative estimate of drug-likeness (QED) is 0.645. The average molecular weight is 476 g/mol. The Labute approximate surface area is 194 Å². The highest BCUT2D eigenvalue weighted by molar-refractivity contribution is 6.49. The van der Waals surface area contributed by atoms with Gasteiger partial charge < -0.3 is 19.2 Å². The average Bonchev–Trinajstić information content (AvgIpc) is 3.29. The van der Waals surface area contributed by atoms with Crippen LogP contribution in [0.4, 0.5) is 0 Å². The topological polar surface area (TPSA) is 125 Å². The highest BCUT2D eigenvalue weighted by atomic mass is 35.5. The molecular formula is C22H19Cl2N3O5. The van der Waals surface area contributed by atoms with Crippen LogP contribution in [0.1, 0.15) is 36.7 Å². The number of carbonyl (C=O) groups excluding carboxylic acids is 2. The van der Waals surface area contributed by atoms with E-state index in [-0.39, 0.29) is 22.8 Å². The third-order valence-corrected chi connectivity index (χ3v) is 7.15. The number of nitriles is 2. The van der Waals surface area contributed by atoms with Gasteiger partial charge in [0.2, 0.25) is 0 Å². The van der Waals surface area contributed by atoms with Gasteiger partial charge in [-0.2, -0.15) is 10.5 Å². The van der Waals surface area contributed by atoms with Crippen LogP contribution in [0.3, 0.4) is 0 Å². The molecule has 0 aromatic carbocycles. The molecule has 1 N–H and O–H groups in total. The van der Waals surface area contributed by atoms with Crippen LogP contribution in [0.5, 0.6) is 0 Å². The molecule has 0 saturated heterocycles. The van der Waals surface area contributed by atoms with Gasteiger partial charge in [0.1, 0.15) is 16.0 Å². The number of methoxy groups -OCH3 is 1. The third kappa shape index (κ3) is 2.70. The molecule has 3 unspecified atom stereocenters. The summed E-state index contributed by atoms with van der Waals surface area (Å²) in [7, 11) is 1.19. The molecule has 166 valence electrons. The van der Waals surface area contributed by atoms with Crippen LogP contribution in [0.15, 0.2) is 21.7 Å². The summed E-state index contributed by atoms with van der Waals surface area (Å²) in [6.45, 7) is 1.71. The minimum absolute atomic E-state index is 0.00513. The summed E-state index contributed by atoms with van der Waals surface area (Å²) in [5.74, 6) is -5.28. The smallest absolute Gasteiger partial charge is 0.354 e. The molecule has 8 nitrogen and oxygen atoms in total. The van der Waals surface area contributed by atoms with E-state index in [1.165, 1.54) is 7.11 Å². The van der Waals surface area contributed by atoms with E-state index < -0.39 is 34.1 Å². The van der Waals surface area contributed by atoms with Crippen LogP contribution < -0.4 is 0 Å². The van der Waals surface area contributed by atoms with E-state index in [1.807, 2.05) is 12.1 Å². The van der Waals surface area contributed by atoms with E-state index in [0.29, 0.717) is 5.69 Å². The number of rotatable bonds is 5. The van der Waals surface area contributed by atoms with Crippen molar-refractivity contribution in [1.82, 2.24) is 4.98 Å². The van der Waals surface area contributed by atoms with E-state index in [2.05, 4.69) is 11.1 Å². The molecule has 0 fully saturated rings. The molecule has 2 heterocycles. The monoisotopic (exact) mass is 475 g/mol. The van der Waals surface area contributed by atoms with Crippen molar-refractivity contribution in [2.75, 3.05) is 13.7 Å². The van der Waals surface area contributed by atoms with Crippen LogP contribution in [0.2, 0.25) is 0 Å². The predicted octanol–water partition coefficient (Wildman–Crippen LogP) is 3.46. The number of cyclic esters (lactones) is 1. The molecule has 0 amide bonds. The van der Waals surface area contributed by atoms with Gasteiger partial charge in [-0.25, -0.2) is 9.59 Å². The Morgan fingerprint density at radius 1 is 1.34 bits per heavy atom. The second-order valence-corrected chi connectivity index (χ2v) is 8.48. The number of aryl methyl sites for hydroxylation is 2. The van der Waals surface area contributed by atoms with Crippen LogP contribution in [0.25, 0.3) is 5.57 Å². The van der Waals surface area contributed by atoms with Crippen molar-refractivity contribution in [2.24, 2.45) is 11.3 Å². The van der Waals surface area contributed by atoms with Gasteiger partial charge >= 0.3 is 11.9 Å². The zero-order chi connectivity index (χ0) is 23.3. The first-order valence-corrected chi connectivity index (χ1v) is 10.9. The first-order chi connectivity index (χ1) is 15.3. The number of H-pyrrole nitrogens is 1. The summed E-state index contributed by atoms with van der Waals surface area (Å²) in [4.78, 5) is 28.4. The number of hydrogen-bond donors (Lipinski definition) is 1. The molecule has 1 aliphatic heterocycles. The van der Waals surface area contributed by atoms with E-state index >= 15 is 0 Å². The first-order valence-electron chi connectivity index (χ1n) is 10.1. The molecule has 1 aromatic rings. The molecule has 0 bridgehead atoms. The number of ether oxygens (including phenoxy) is 3. The van der Waals surface area contributed by atoms with E-state index in [0.717, 1.165) is 36.9 Å². The minimum Gasteiger partial charge on any atom is -0.463 e. The normalized spacial score (nSPS) is 29.1. The summed E-state index contributed by atoms with van der Waals surface area (Å²) < 4.78 is 16.1. The maximum atomic E-state index is 12.9. The van der Waals surface area contributed by atoms with Crippen LogP contribution >= 0.6 is 23.2 Å². The summed E-state index contributed by atoms with van der Waals surface area (Å²) in [5.41, 5.74) is 0.684. The molecule has 10 heteroatoms. The molecule has 0 radical (unpaired) electrons. The fourth-order valence-corrected chi connectivity index (χ4v) is 5.38. The SMILES string of the molecule is CCOC(=O)C1=C(c2cc3c([nH]2)CCCC3)C(C#N)(C2(OC)OC(=O)C(Cl)=C2Cl)C1C#N. The molecule has 3 atom stereocenters. The van der Waals surface area contributed by atoms with Crippen molar-refractivity contribution in [3.63, 3.8) is 0 Å². The van der Waals surface area contributed by atoms with Gasteiger partial charge in [0.25, 0.3) is 5.79 Å². The van der Waals surface area contributed by atoms with Gasteiger partial charge in [0, 0.05) is 24.1 Å². The van der Waals surface area contributed by atoms with Crippen LogP contribution in [-0.4, -0.2) is 36.4 Å². The number of carbonyl (C=O) groups is 2. The number of nitrogens with one attached hydrogen (secondary N) is 1. The van der Waals surface area contributed by atoms with E-state index in [9.17, 15) is 20.1 Å². The van der Waals surface area contributed by atoms with Gasteiger partial charge in [-0.15, -0.1) is 0 Å². The lowest BCUT2D eigenvalue weighted by atomic mass is 9.52. The molecule has 0 saturated carbocycles. The Balaban J connectivity index is 2.02. The molecule has 32 heavy (non-hydrogen) atoms.